The predicted molar refractivity (Wildman–Crippen MR) is 42.9 cm³/mol. The van der Waals surface area contributed by atoms with Crippen LogP contribution in [-0.2, 0) is 0 Å². The Hall–Kier alpha value is -0.150. The smallest absolute Gasteiger partial charge is 0.122 e. The summed E-state index contributed by atoms with van der Waals surface area (Å²) < 4.78 is 0. The monoisotopic (exact) mass is 218 g/mol. The molecule has 0 amide bonds. The molecule has 1 aliphatic heterocycles. The second-order valence-corrected chi connectivity index (χ2v) is 3.72. The van der Waals surface area contributed by atoms with E-state index in [0.717, 1.165) is 5.01 Å². The van der Waals surface area contributed by atoms with Gasteiger partial charge in [-0.25, -0.2) is 0 Å². The van der Waals surface area contributed by atoms with Crippen LogP contribution in [0.2, 0.25) is 0 Å². The molecular formula is C8H15BrN2. The number of hydrogen-bond acceptors (Lipinski definition) is 1. The van der Waals surface area contributed by atoms with E-state index in [0.29, 0.717) is 0 Å². The zero-order chi connectivity index (χ0) is 7.78. The first-order valence-corrected chi connectivity index (χ1v) is 3.61. The Balaban J connectivity index is 0.000001000. The fourth-order valence-corrected chi connectivity index (χ4v) is 0.882. The van der Waals surface area contributed by atoms with Crippen LogP contribution >= 0.6 is 0 Å². The van der Waals surface area contributed by atoms with Gasteiger partial charge in [0.15, 0.2) is 0 Å². The van der Waals surface area contributed by atoms with Crippen LogP contribution in [-0.4, -0.2) is 12.8 Å². The van der Waals surface area contributed by atoms with Crippen molar-refractivity contribution in [2.45, 2.75) is 20.8 Å². The fraction of sp³-hybridized carbons (Fsp3) is 0.625. The Morgan fingerprint density at radius 3 is 2.09 bits per heavy atom. The number of quaternary nitrogens is 1. The maximum absolute atomic E-state index is 4.38. The van der Waals surface area contributed by atoms with Crippen molar-refractivity contribution in [3.05, 3.63) is 12.3 Å². The van der Waals surface area contributed by atoms with Crippen LogP contribution < -0.4 is 22.0 Å². The standard InChI is InChI=1S/C8H14N2.BrH/c1-8(2,3)7-5-6-10(4)9-7;/h5-6H,1-4H3;1H. The Morgan fingerprint density at radius 2 is 1.91 bits per heavy atom. The quantitative estimate of drug-likeness (QED) is 0.461. The van der Waals surface area contributed by atoms with Gasteiger partial charge in [0.2, 0.25) is 0 Å². The molecule has 0 saturated carbocycles. The van der Waals surface area contributed by atoms with Gasteiger partial charge in [-0.15, -0.1) is 0 Å². The number of rotatable bonds is 0. The average molecular weight is 219 g/mol. The topological polar surface area (TPSA) is 16.8 Å². The van der Waals surface area contributed by atoms with Crippen molar-refractivity contribution in [2.24, 2.45) is 10.5 Å². The normalized spacial score (nSPS) is 22.9. The summed E-state index contributed by atoms with van der Waals surface area (Å²) in [5.74, 6) is 0. The molecule has 0 fully saturated rings. The van der Waals surface area contributed by atoms with E-state index < -0.39 is 0 Å². The predicted octanol–water partition coefficient (Wildman–Crippen LogP) is -2.57. The molecule has 2 nitrogen and oxygen atoms in total. The van der Waals surface area contributed by atoms with Gasteiger partial charge in [0.25, 0.3) is 0 Å². The highest BCUT2D eigenvalue weighted by atomic mass is 79.9. The number of nitrogens with one attached hydrogen (secondary N) is 1. The Kier molecular flexibility index (Phi) is 3.45. The van der Waals surface area contributed by atoms with Gasteiger partial charge in [-0.1, -0.05) is 25.9 Å². The van der Waals surface area contributed by atoms with E-state index in [1.54, 1.807) is 0 Å². The van der Waals surface area contributed by atoms with E-state index in [1.807, 2.05) is 7.05 Å². The summed E-state index contributed by atoms with van der Waals surface area (Å²) in [4.78, 5) is 0. The van der Waals surface area contributed by atoms with Crippen molar-refractivity contribution in [3.63, 3.8) is 0 Å². The van der Waals surface area contributed by atoms with Crippen molar-refractivity contribution < 1.29 is 22.0 Å². The summed E-state index contributed by atoms with van der Waals surface area (Å²) in [5.41, 5.74) is 1.39. The molecule has 1 N–H and O–H groups in total. The molecule has 1 atom stereocenters. The first-order chi connectivity index (χ1) is 4.50. The summed E-state index contributed by atoms with van der Waals surface area (Å²) in [6.45, 7) is 6.53. The third-order valence-electron chi connectivity index (χ3n) is 1.55. The van der Waals surface area contributed by atoms with Crippen molar-refractivity contribution in [1.82, 2.24) is 0 Å². The van der Waals surface area contributed by atoms with Crippen molar-refractivity contribution in [2.75, 3.05) is 7.05 Å². The van der Waals surface area contributed by atoms with Crippen LogP contribution in [0.5, 0.6) is 0 Å². The minimum absolute atomic E-state index is 0. The molecule has 0 saturated heterocycles. The summed E-state index contributed by atoms with van der Waals surface area (Å²) in [5, 5.41) is 5.50. The van der Waals surface area contributed by atoms with E-state index in [2.05, 4.69) is 38.1 Å². The molecule has 1 rings (SSSR count). The second-order valence-electron chi connectivity index (χ2n) is 3.72. The maximum Gasteiger partial charge on any atom is 0.122 e. The highest BCUT2D eigenvalue weighted by molar-refractivity contribution is 5.98. The third kappa shape index (κ3) is 2.75. The van der Waals surface area contributed by atoms with Crippen molar-refractivity contribution in [3.8, 4) is 0 Å². The molecule has 0 aromatic heterocycles. The summed E-state index contributed by atoms with van der Waals surface area (Å²) in [7, 11) is 2.02. The molecule has 0 radical (unpaired) electrons. The lowest BCUT2D eigenvalue weighted by Crippen LogP contribution is -3.00. The molecule has 11 heavy (non-hydrogen) atoms. The SMILES string of the molecule is C[NH+]1C=CC(C(C)(C)C)=N1.[Br-]. The van der Waals surface area contributed by atoms with Gasteiger partial charge >= 0.3 is 0 Å². The minimum atomic E-state index is 0. The molecule has 0 aromatic carbocycles. The van der Waals surface area contributed by atoms with Gasteiger partial charge in [0, 0.05) is 11.5 Å². The van der Waals surface area contributed by atoms with E-state index in [-0.39, 0.29) is 22.4 Å². The van der Waals surface area contributed by atoms with Crippen molar-refractivity contribution >= 4 is 5.71 Å². The lowest BCUT2D eigenvalue weighted by Gasteiger charge is -2.13. The van der Waals surface area contributed by atoms with Gasteiger partial charge in [0.1, 0.15) is 11.9 Å². The van der Waals surface area contributed by atoms with Crippen LogP contribution in [0.1, 0.15) is 20.8 Å². The number of nitrogens with zero attached hydrogens (tertiary/aromatic N) is 1. The van der Waals surface area contributed by atoms with Gasteiger partial charge in [-0.05, 0) is 0 Å². The highest BCUT2D eigenvalue weighted by Crippen LogP contribution is 2.16. The lowest BCUT2D eigenvalue weighted by atomic mass is 9.90. The molecule has 1 heterocycles. The zero-order valence-corrected chi connectivity index (χ0v) is 9.07. The largest absolute Gasteiger partial charge is 1.00 e. The molecule has 0 aromatic rings. The highest BCUT2D eigenvalue weighted by Gasteiger charge is 2.22. The Bertz CT molecular complexity index is 189. The van der Waals surface area contributed by atoms with E-state index in [9.17, 15) is 0 Å². The average Bonchev–Trinajstić information content (AvgIpc) is 2.11. The van der Waals surface area contributed by atoms with Crippen LogP contribution in [0, 0.1) is 5.41 Å². The maximum atomic E-state index is 4.38. The van der Waals surface area contributed by atoms with Crippen LogP contribution in [0.4, 0.5) is 0 Å². The van der Waals surface area contributed by atoms with Crippen LogP contribution in [0.15, 0.2) is 17.4 Å². The minimum Gasteiger partial charge on any atom is -1.00 e. The zero-order valence-electron chi connectivity index (χ0n) is 7.48. The number of allylic oxidation sites excluding steroid dienone is 1. The molecule has 0 spiro atoms. The second kappa shape index (κ2) is 3.50. The number of hydrogen-bond donors (Lipinski definition) is 1. The lowest BCUT2D eigenvalue weighted by molar-refractivity contribution is -0.829. The Labute approximate surface area is 78.7 Å². The van der Waals surface area contributed by atoms with Crippen molar-refractivity contribution in [1.29, 1.82) is 0 Å². The van der Waals surface area contributed by atoms with Crippen LogP contribution in [0.3, 0.4) is 0 Å². The first-order valence-electron chi connectivity index (χ1n) is 3.61. The third-order valence-corrected chi connectivity index (χ3v) is 1.55. The molecule has 1 aliphatic rings. The molecule has 64 valence electrons. The molecule has 1 unspecified atom stereocenters. The van der Waals surface area contributed by atoms with E-state index in [4.69, 9.17) is 0 Å². The van der Waals surface area contributed by atoms with Gasteiger partial charge in [-0.2, -0.15) is 5.01 Å². The van der Waals surface area contributed by atoms with Gasteiger partial charge < -0.3 is 17.0 Å². The van der Waals surface area contributed by atoms with Crippen LogP contribution in [0.25, 0.3) is 0 Å². The first kappa shape index (κ1) is 10.8. The Morgan fingerprint density at radius 1 is 1.36 bits per heavy atom. The fourth-order valence-electron chi connectivity index (χ4n) is 0.882. The number of halogens is 1. The van der Waals surface area contributed by atoms with Gasteiger partial charge in [0.05, 0.1) is 7.05 Å². The molecular weight excluding hydrogens is 204 g/mol. The van der Waals surface area contributed by atoms with Gasteiger partial charge in [-0.3, -0.25) is 0 Å². The van der Waals surface area contributed by atoms with E-state index >= 15 is 0 Å². The summed E-state index contributed by atoms with van der Waals surface area (Å²) in [6, 6.07) is 0. The molecule has 0 bridgehead atoms. The van der Waals surface area contributed by atoms with E-state index in [1.165, 1.54) is 5.71 Å². The molecule has 0 aliphatic carbocycles. The molecule has 3 heteroatoms. The summed E-state index contributed by atoms with van der Waals surface area (Å²) in [6.07, 6.45) is 4.15. The summed E-state index contributed by atoms with van der Waals surface area (Å²) >= 11 is 0.